The van der Waals surface area contributed by atoms with Crippen LogP contribution in [0.5, 0.6) is 11.5 Å². The summed E-state index contributed by atoms with van der Waals surface area (Å²) in [6.07, 6.45) is 0. The Kier molecular flexibility index (Phi) is 5.63. The van der Waals surface area contributed by atoms with E-state index in [4.69, 9.17) is 9.47 Å². The van der Waals surface area contributed by atoms with Gasteiger partial charge in [-0.05, 0) is 55.9 Å². The first-order valence-corrected chi connectivity index (χ1v) is 12.1. The number of benzene rings is 6. The molecular formula is C34H26O2. The van der Waals surface area contributed by atoms with Crippen LogP contribution in [0.3, 0.4) is 0 Å². The van der Waals surface area contributed by atoms with E-state index in [1.165, 1.54) is 32.7 Å². The Balaban J connectivity index is 1.82. The molecule has 6 rings (SSSR count). The first-order chi connectivity index (χ1) is 17.8. The van der Waals surface area contributed by atoms with Crippen molar-refractivity contribution >= 4 is 21.5 Å². The number of hydrogen-bond acceptors (Lipinski definition) is 2. The summed E-state index contributed by atoms with van der Waals surface area (Å²) in [5.74, 6) is 1.71. The topological polar surface area (TPSA) is 18.5 Å². The first-order valence-electron chi connectivity index (χ1n) is 12.1. The second-order valence-corrected chi connectivity index (χ2v) is 8.82. The third kappa shape index (κ3) is 3.59. The number of fused-ring (bicyclic) bond motifs is 2. The molecule has 0 aromatic heterocycles. The number of methoxy groups -OCH3 is 2. The highest BCUT2D eigenvalue weighted by molar-refractivity contribution is 6.15. The van der Waals surface area contributed by atoms with E-state index < -0.39 is 0 Å². The van der Waals surface area contributed by atoms with Gasteiger partial charge in [-0.15, -0.1) is 0 Å². The number of para-hydroxylation sites is 2. The predicted octanol–water partition coefficient (Wildman–Crippen LogP) is 9.01. The standard InChI is InChI=1S/C34H26O2/c1-35-31-17-9-7-15-27(31)29-21-19-23-11-3-5-13-25(23)33(29)34-26-14-6-4-12-24(26)20-22-30(34)28-16-8-10-18-32(28)36-2/h3-22H,1-2H3. The summed E-state index contributed by atoms with van der Waals surface area (Å²) in [5, 5.41) is 4.80. The minimum absolute atomic E-state index is 0.855. The monoisotopic (exact) mass is 466 g/mol. The van der Waals surface area contributed by atoms with Crippen molar-refractivity contribution in [3.8, 4) is 44.9 Å². The zero-order valence-electron chi connectivity index (χ0n) is 20.4. The third-order valence-electron chi connectivity index (χ3n) is 6.90. The quantitative estimate of drug-likeness (QED) is 0.252. The Morgan fingerprint density at radius 2 is 0.750 bits per heavy atom. The summed E-state index contributed by atoms with van der Waals surface area (Å²) in [5.41, 5.74) is 6.79. The Morgan fingerprint density at radius 3 is 1.19 bits per heavy atom. The normalized spacial score (nSPS) is 11.1. The summed E-state index contributed by atoms with van der Waals surface area (Å²) in [6, 6.07) is 42.6. The SMILES string of the molecule is COc1ccccc1-c1ccc2ccccc2c1-c1c(-c2ccccc2OC)ccc2ccccc12. The van der Waals surface area contributed by atoms with E-state index >= 15 is 0 Å². The van der Waals surface area contributed by atoms with Gasteiger partial charge in [-0.2, -0.15) is 0 Å². The molecule has 0 spiro atoms. The fourth-order valence-electron chi connectivity index (χ4n) is 5.26. The molecule has 0 aliphatic heterocycles. The maximum absolute atomic E-state index is 5.82. The summed E-state index contributed by atoms with van der Waals surface area (Å²) in [7, 11) is 3.47. The van der Waals surface area contributed by atoms with Crippen LogP contribution in [0.1, 0.15) is 0 Å². The van der Waals surface area contributed by atoms with E-state index in [9.17, 15) is 0 Å². The lowest BCUT2D eigenvalue weighted by atomic mass is 9.83. The van der Waals surface area contributed by atoms with Gasteiger partial charge >= 0.3 is 0 Å². The van der Waals surface area contributed by atoms with E-state index in [-0.39, 0.29) is 0 Å². The van der Waals surface area contributed by atoms with E-state index in [1.807, 2.05) is 24.3 Å². The van der Waals surface area contributed by atoms with Gasteiger partial charge in [0.25, 0.3) is 0 Å². The van der Waals surface area contributed by atoms with Gasteiger partial charge in [0.2, 0.25) is 0 Å². The van der Waals surface area contributed by atoms with Gasteiger partial charge in [-0.1, -0.05) is 109 Å². The lowest BCUT2D eigenvalue weighted by Crippen LogP contribution is -1.96. The average Bonchev–Trinajstić information content (AvgIpc) is 2.96. The number of rotatable bonds is 5. The van der Waals surface area contributed by atoms with Crippen LogP contribution in [0, 0.1) is 0 Å². The van der Waals surface area contributed by atoms with Gasteiger partial charge in [-0.25, -0.2) is 0 Å². The minimum Gasteiger partial charge on any atom is -0.496 e. The van der Waals surface area contributed by atoms with Crippen LogP contribution in [0.15, 0.2) is 121 Å². The molecule has 6 aromatic carbocycles. The van der Waals surface area contributed by atoms with Crippen molar-refractivity contribution in [1.82, 2.24) is 0 Å². The van der Waals surface area contributed by atoms with E-state index in [0.717, 1.165) is 33.8 Å². The molecule has 174 valence electrons. The molecule has 0 aliphatic carbocycles. The molecule has 0 atom stereocenters. The van der Waals surface area contributed by atoms with Gasteiger partial charge < -0.3 is 9.47 Å². The highest BCUT2D eigenvalue weighted by Crippen LogP contribution is 2.48. The van der Waals surface area contributed by atoms with E-state index in [0.29, 0.717) is 0 Å². The van der Waals surface area contributed by atoms with Gasteiger partial charge in [0.15, 0.2) is 0 Å². The van der Waals surface area contributed by atoms with Crippen LogP contribution < -0.4 is 9.47 Å². The molecule has 0 unspecified atom stereocenters. The highest BCUT2D eigenvalue weighted by atomic mass is 16.5. The summed E-state index contributed by atoms with van der Waals surface area (Å²) in [4.78, 5) is 0. The van der Waals surface area contributed by atoms with Crippen LogP contribution in [0.25, 0.3) is 54.9 Å². The molecule has 0 aliphatic rings. The van der Waals surface area contributed by atoms with Crippen molar-refractivity contribution in [3.05, 3.63) is 121 Å². The fourth-order valence-corrected chi connectivity index (χ4v) is 5.26. The largest absolute Gasteiger partial charge is 0.496 e. The molecule has 0 saturated carbocycles. The minimum atomic E-state index is 0.855. The van der Waals surface area contributed by atoms with Gasteiger partial charge in [-0.3, -0.25) is 0 Å². The van der Waals surface area contributed by atoms with Crippen molar-refractivity contribution in [1.29, 1.82) is 0 Å². The molecule has 0 radical (unpaired) electrons. The molecule has 0 bridgehead atoms. The first kappa shape index (κ1) is 21.9. The van der Waals surface area contributed by atoms with E-state index in [1.54, 1.807) is 14.2 Å². The van der Waals surface area contributed by atoms with Crippen LogP contribution in [-0.2, 0) is 0 Å². The average molecular weight is 467 g/mol. The van der Waals surface area contributed by atoms with Crippen LogP contribution in [-0.4, -0.2) is 14.2 Å². The summed E-state index contributed by atoms with van der Waals surface area (Å²) in [6.45, 7) is 0. The molecular weight excluding hydrogens is 440 g/mol. The van der Waals surface area contributed by atoms with Crippen molar-refractivity contribution in [3.63, 3.8) is 0 Å². The van der Waals surface area contributed by atoms with Gasteiger partial charge in [0.05, 0.1) is 14.2 Å². The molecule has 0 fully saturated rings. The van der Waals surface area contributed by atoms with Crippen molar-refractivity contribution in [2.75, 3.05) is 14.2 Å². The summed E-state index contributed by atoms with van der Waals surface area (Å²) >= 11 is 0. The second-order valence-electron chi connectivity index (χ2n) is 8.82. The van der Waals surface area contributed by atoms with Gasteiger partial charge in [0.1, 0.15) is 11.5 Å². The molecule has 0 heterocycles. The summed E-state index contributed by atoms with van der Waals surface area (Å²) < 4.78 is 11.6. The number of ether oxygens (including phenoxy) is 2. The molecule has 6 aromatic rings. The van der Waals surface area contributed by atoms with Crippen molar-refractivity contribution in [2.45, 2.75) is 0 Å². The van der Waals surface area contributed by atoms with Crippen molar-refractivity contribution in [2.24, 2.45) is 0 Å². The maximum Gasteiger partial charge on any atom is 0.126 e. The van der Waals surface area contributed by atoms with Gasteiger partial charge in [0, 0.05) is 11.1 Å². The van der Waals surface area contributed by atoms with Crippen LogP contribution in [0.2, 0.25) is 0 Å². The Labute approximate surface area is 211 Å². The number of hydrogen-bond donors (Lipinski definition) is 0. The molecule has 2 nitrogen and oxygen atoms in total. The highest BCUT2D eigenvalue weighted by Gasteiger charge is 2.21. The predicted molar refractivity (Wildman–Crippen MR) is 151 cm³/mol. The van der Waals surface area contributed by atoms with Crippen LogP contribution >= 0.6 is 0 Å². The molecule has 36 heavy (non-hydrogen) atoms. The lowest BCUT2D eigenvalue weighted by Gasteiger charge is -2.21. The van der Waals surface area contributed by atoms with E-state index in [2.05, 4.69) is 97.1 Å². The third-order valence-corrected chi connectivity index (χ3v) is 6.90. The fraction of sp³-hybridized carbons (Fsp3) is 0.0588. The maximum atomic E-state index is 5.82. The zero-order chi connectivity index (χ0) is 24.5. The smallest absolute Gasteiger partial charge is 0.126 e. The molecule has 2 heteroatoms. The second kappa shape index (κ2) is 9.24. The zero-order valence-corrected chi connectivity index (χ0v) is 20.4. The Morgan fingerprint density at radius 1 is 0.361 bits per heavy atom. The van der Waals surface area contributed by atoms with Crippen molar-refractivity contribution < 1.29 is 9.47 Å². The van der Waals surface area contributed by atoms with Crippen LogP contribution in [0.4, 0.5) is 0 Å². The molecule has 0 N–H and O–H groups in total. The molecule has 0 saturated heterocycles. The lowest BCUT2D eigenvalue weighted by molar-refractivity contribution is 0.416. The Bertz CT molecular complexity index is 1590. The molecule has 0 amide bonds. The Hall–Kier alpha value is -4.56.